The molecular formula is C14H18BrClN4O2. The number of amides is 1. The van der Waals surface area contributed by atoms with Gasteiger partial charge < -0.3 is 15.2 Å². The normalized spacial score (nSPS) is 11.6. The molecule has 1 aromatic heterocycles. The Morgan fingerprint density at radius 1 is 1.45 bits per heavy atom. The number of hydrogen-bond donors (Lipinski definition) is 2. The molecule has 8 heteroatoms. The van der Waals surface area contributed by atoms with Crippen molar-refractivity contribution in [3.63, 3.8) is 0 Å². The zero-order valence-electron chi connectivity index (χ0n) is 12.3. The molecule has 1 unspecified atom stereocenters. The van der Waals surface area contributed by atoms with Crippen LogP contribution in [0.1, 0.15) is 29.0 Å². The fraction of sp³-hybridized carbons (Fsp3) is 0.357. The largest absolute Gasteiger partial charge is 0.343 e. The lowest BCUT2D eigenvalue weighted by Gasteiger charge is -2.04. The van der Waals surface area contributed by atoms with Gasteiger partial charge in [-0.1, -0.05) is 27.2 Å². The van der Waals surface area contributed by atoms with Gasteiger partial charge in [-0.3, -0.25) is 4.79 Å². The summed E-state index contributed by atoms with van der Waals surface area (Å²) in [5.74, 6) is 0.847. The highest BCUT2D eigenvalue weighted by atomic mass is 79.9. The summed E-state index contributed by atoms with van der Waals surface area (Å²) in [6.07, 6.45) is 0.680. The van der Waals surface area contributed by atoms with E-state index in [0.29, 0.717) is 23.7 Å². The van der Waals surface area contributed by atoms with E-state index in [1.807, 2.05) is 26.1 Å². The van der Waals surface area contributed by atoms with Gasteiger partial charge in [0.1, 0.15) is 0 Å². The Hall–Kier alpha value is -1.44. The Kier molecular flexibility index (Phi) is 7.50. The Labute approximate surface area is 143 Å². The first-order chi connectivity index (χ1) is 10.1. The van der Waals surface area contributed by atoms with Gasteiger partial charge in [0.05, 0.1) is 6.54 Å². The number of likely N-dealkylation sites (N-methyl/N-ethyl adjacent to an activating group) is 1. The van der Waals surface area contributed by atoms with Crippen LogP contribution >= 0.6 is 28.3 Å². The van der Waals surface area contributed by atoms with Crippen LogP contribution in [0.2, 0.25) is 0 Å². The predicted octanol–water partition coefficient (Wildman–Crippen LogP) is 2.33. The number of carbonyl (C=O) groups excluding carboxylic acids is 1. The molecule has 0 aliphatic heterocycles. The summed E-state index contributed by atoms with van der Waals surface area (Å²) in [5, 5.41) is 9.74. The van der Waals surface area contributed by atoms with E-state index in [9.17, 15) is 4.79 Å². The molecule has 0 aliphatic carbocycles. The molecule has 0 fully saturated rings. The minimum atomic E-state index is -0.181. The first kappa shape index (κ1) is 18.6. The molecule has 6 nitrogen and oxygen atoms in total. The van der Waals surface area contributed by atoms with E-state index in [0.717, 1.165) is 4.47 Å². The lowest BCUT2D eigenvalue weighted by molar-refractivity contribution is 0.0946. The summed E-state index contributed by atoms with van der Waals surface area (Å²) >= 11 is 3.33. The maximum Gasteiger partial charge on any atom is 0.251 e. The second-order valence-electron chi connectivity index (χ2n) is 4.69. The standard InChI is InChI=1S/C14H17BrN4O2.ClH/c1-9(16-2)6-12-18-13(21-19-12)8-17-14(20)10-4-3-5-11(15)7-10;/h3-5,7,9,16H,6,8H2,1-2H3,(H,17,20);1H. The molecule has 2 rings (SSSR count). The first-order valence-corrected chi connectivity index (χ1v) is 7.40. The van der Waals surface area contributed by atoms with Crippen molar-refractivity contribution in [1.82, 2.24) is 20.8 Å². The van der Waals surface area contributed by atoms with Crippen molar-refractivity contribution < 1.29 is 9.32 Å². The van der Waals surface area contributed by atoms with Crippen LogP contribution in [-0.2, 0) is 13.0 Å². The summed E-state index contributed by atoms with van der Waals surface area (Å²) in [7, 11) is 1.88. The third kappa shape index (κ3) is 5.40. The summed E-state index contributed by atoms with van der Waals surface area (Å²) in [5.41, 5.74) is 0.577. The van der Waals surface area contributed by atoms with Crippen LogP contribution in [0.4, 0.5) is 0 Å². The quantitative estimate of drug-likeness (QED) is 0.792. The van der Waals surface area contributed by atoms with Crippen LogP contribution in [0.25, 0.3) is 0 Å². The van der Waals surface area contributed by atoms with Gasteiger partial charge in [-0.2, -0.15) is 4.98 Å². The lowest BCUT2D eigenvalue weighted by Crippen LogP contribution is -2.24. The molecule has 0 saturated carbocycles. The van der Waals surface area contributed by atoms with Crippen LogP contribution in [-0.4, -0.2) is 29.1 Å². The molecule has 2 N–H and O–H groups in total. The van der Waals surface area contributed by atoms with Crippen LogP contribution in [0.3, 0.4) is 0 Å². The number of nitrogens with one attached hydrogen (secondary N) is 2. The Bertz CT molecular complexity index is 620. The minimum absolute atomic E-state index is 0. The molecule has 0 spiro atoms. The third-order valence-corrected chi connectivity index (χ3v) is 3.47. The second kappa shape index (κ2) is 8.87. The SMILES string of the molecule is CNC(C)Cc1noc(CNC(=O)c2cccc(Br)c2)n1.Cl. The molecule has 22 heavy (non-hydrogen) atoms. The van der Waals surface area contributed by atoms with E-state index >= 15 is 0 Å². The molecule has 1 heterocycles. The molecule has 1 atom stereocenters. The highest BCUT2D eigenvalue weighted by Crippen LogP contribution is 2.11. The van der Waals surface area contributed by atoms with Crippen molar-refractivity contribution in [3.8, 4) is 0 Å². The first-order valence-electron chi connectivity index (χ1n) is 6.61. The van der Waals surface area contributed by atoms with Gasteiger partial charge in [-0.25, -0.2) is 0 Å². The van der Waals surface area contributed by atoms with Crippen molar-refractivity contribution in [2.24, 2.45) is 0 Å². The topological polar surface area (TPSA) is 80.0 Å². The molecular weight excluding hydrogens is 372 g/mol. The van der Waals surface area contributed by atoms with Gasteiger partial charge >= 0.3 is 0 Å². The summed E-state index contributed by atoms with van der Waals surface area (Å²) in [6.45, 7) is 2.25. The second-order valence-corrected chi connectivity index (χ2v) is 5.61. The van der Waals surface area contributed by atoms with Crippen LogP contribution in [0, 0.1) is 0 Å². The van der Waals surface area contributed by atoms with E-state index in [4.69, 9.17) is 4.52 Å². The van der Waals surface area contributed by atoms with Crippen molar-refractivity contribution in [2.75, 3.05) is 7.05 Å². The molecule has 120 valence electrons. The number of benzene rings is 1. The fourth-order valence-corrected chi connectivity index (χ4v) is 2.11. The third-order valence-electron chi connectivity index (χ3n) is 2.98. The molecule has 0 radical (unpaired) electrons. The zero-order chi connectivity index (χ0) is 15.2. The predicted molar refractivity (Wildman–Crippen MR) is 89.1 cm³/mol. The highest BCUT2D eigenvalue weighted by Gasteiger charge is 2.11. The van der Waals surface area contributed by atoms with Crippen molar-refractivity contribution >= 4 is 34.2 Å². The Balaban J connectivity index is 0.00000242. The minimum Gasteiger partial charge on any atom is -0.343 e. The van der Waals surface area contributed by atoms with Gasteiger partial charge in [0.2, 0.25) is 5.89 Å². The fourth-order valence-electron chi connectivity index (χ4n) is 1.71. The van der Waals surface area contributed by atoms with E-state index in [1.54, 1.807) is 12.1 Å². The smallest absolute Gasteiger partial charge is 0.251 e. The number of rotatable bonds is 6. The number of halogens is 2. The average molecular weight is 390 g/mol. The Morgan fingerprint density at radius 2 is 2.23 bits per heavy atom. The molecule has 2 aromatic rings. The number of aromatic nitrogens is 2. The molecule has 0 saturated heterocycles. The van der Waals surface area contributed by atoms with Gasteiger partial charge in [-0.15, -0.1) is 12.4 Å². The van der Waals surface area contributed by atoms with Crippen molar-refractivity contribution in [3.05, 3.63) is 46.0 Å². The van der Waals surface area contributed by atoms with Crippen LogP contribution in [0.5, 0.6) is 0 Å². The maximum atomic E-state index is 12.0. The van der Waals surface area contributed by atoms with Gasteiger partial charge in [0.15, 0.2) is 5.82 Å². The van der Waals surface area contributed by atoms with E-state index in [1.165, 1.54) is 0 Å². The zero-order valence-corrected chi connectivity index (χ0v) is 14.7. The van der Waals surface area contributed by atoms with Crippen molar-refractivity contribution in [2.45, 2.75) is 25.9 Å². The average Bonchev–Trinajstić information content (AvgIpc) is 2.92. The van der Waals surface area contributed by atoms with Gasteiger partial charge in [-0.05, 0) is 32.2 Å². The Morgan fingerprint density at radius 3 is 2.91 bits per heavy atom. The van der Waals surface area contributed by atoms with E-state index < -0.39 is 0 Å². The van der Waals surface area contributed by atoms with Crippen LogP contribution < -0.4 is 10.6 Å². The lowest BCUT2D eigenvalue weighted by atomic mass is 10.2. The van der Waals surface area contributed by atoms with Gasteiger partial charge in [0.25, 0.3) is 5.91 Å². The number of carbonyl (C=O) groups is 1. The molecule has 1 aromatic carbocycles. The van der Waals surface area contributed by atoms with Gasteiger partial charge in [0, 0.05) is 22.5 Å². The maximum absolute atomic E-state index is 12.0. The van der Waals surface area contributed by atoms with Crippen LogP contribution in [0.15, 0.2) is 33.3 Å². The molecule has 0 bridgehead atoms. The van der Waals surface area contributed by atoms with E-state index in [-0.39, 0.29) is 30.9 Å². The summed E-state index contributed by atoms with van der Waals surface area (Å²) < 4.78 is 5.96. The number of nitrogens with zero attached hydrogens (tertiary/aromatic N) is 2. The highest BCUT2D eigenvalue weighted by molar-refractivity contribution is 9.10. The molecule has 1 amide bonds. The summed E-state index contributed by atoms with van der Waals surface area (Å²) in [6, 6.07) is 7.44. The van der Waals surface area contributed by atoms with E-state index in [2.05, 4.69) is 36.7 Å². The number of hydrogen-bond acceptors (Lipinski definition) is 5. The molecule has 0 aliphatic rings. The summed E-state index contributed by atoms with van der Waals surface area (Å²) in [4.78, 5) is 16.2. The monoisotopic (exact) mass is 388 g/mol. The van der Waals surface area contributed by atoms with Crippen molar-refractivity contribution in [1.29, 1.82) is 0 Å².